The quantitative estimate of drug-likeness (QED) is 0.549. The number of aromatic nitrogens is 6. The molecule has 0 bridgehead atoms. The smallest absolute Gasteiger partial charge is 0.267 e. The van der Waals surface area contributed by atoms with E-state index in [0.717, 1.165) is 22.7 Å². The van der Waals surface area contributed by atoms with E-state index in [9.17, 15) is 4.79 Å². The summed E-state index contributed by atoms with van der Waals surface area (Å²) in [6, 6.07) is 7.69. The number of nitrogens with zero attached hydrogens (tertiary/aromatic N) is 6. The molecular formula is C16H13ClN6OS. The number of thiazole rings is 1. The maximum absolute atomic E-state index is 12.4. The zero-order valence-corrected chi connectivity index (χ0v) is 14.8. The average Bonchev–Trinajstić information content (AvgIpc) is 3.20. The summed E-state index contributed by atoms with van der Waals surface area (Å²) in [5, 5.41) is 16.2. The Labute approximate surface area is 151 Å². The molecule has 0 radical (unpaired) electrons. The minimum atomic E-state index is -0.217. The molecule has 0 aliphatic heterocycles. The molecule has 0 atom stereocenters. The molecule has 9 heteroatoms. The summed E-state index contributed by atoms with van der Waals surface area (Å²) < 4.78 is 2.84. The van der Waals surface area contributed by atoms with Crippen LogP contribution in [0.15, 0.2) is 40.6 Å². The van der Waals surface area contributed by atoms with Gasteiger partial charge in [0.2, 0.25) is 0 Å². The van der Waals surface area contributed by atoms with Crippen molar-refractivity contribution in [2.45, 2.75) is 13.0 Å². The van der Waals surface area contributed by atoms with Gasteiger partial charge in [-0.25, -0.2) is 14.3 Å². The van der Waals surface area contributed by atoms with Gasteiger partial charge < -0.3 is 0 Å². The van der Waals surface area contributed by atoms with Gasteiger partial charge in [-0.1, -0.05) is 28.9 Å². The SMILES string of the molecule is Cn1ncc2c(=O)n(Cc3csc(Cc4ccc(Cl)cc4)n3)nnc21. The second-order valence-corrected chi connectivity index (χ2v) is 6.97. The van der Waals surface area contributed by atoms with Crippen LogP contribution in [0.1, 0.15) is 16.3 Å². The summed E-state index contributed by atoms with van der Waals surface area (Å²) in [7, 11) is 1.73. The van der Waals surface area contributed by atoms with E-state index >= 15 is 0 Å². The van der Waals surface area contributed by atoms with Crippen LogP contribution in [0, 0.1) is 0 Å². The summed E-state index contributed by atoms with van der Waals surface area (Å²) in [4.78, 5) is 17.0. The van der Waals surface area contributed by atoms with Gasteiger partial charge in [0.1, 0.15) is 5.39 Å². The van der Waals surface area contributed by atoms with Crippen molar-refractivity contribution in [3.63, 3.8) is 0 Å². The highest BCUT2D eigenvalue weighted by atomic mass is 35.5. The average molecular weight is 373 g/mol. The third-order valence-corrected chi connectivity index (χ3v) is 4.95. The first kappa shape index (κ1) is 15.9. The zero-order valence-electron chi connectivity index (χ0n) is 13.3. The van der Waals surface area contributed by atoms with E-state index in [2.05, 4.69) is 20.4 Å². The van der Waals surface area contributed by atoms with E-state index in [1.165, 1.54) is 15.6 Å². The van der Waals surface area contributed by atoms with E-state index in [-0.39, 0.29) is 12.1 Å². The summed E-state index contributed by atoms with van der Waals surface area (Å²) >= 11 is 7.46. The summed E-state index contributed by atoms with van der Waals surface area (Å²) in [6.45, 7) is 0.286. The van der Waals surface area contributed by atoms with Crippen molar-refractivity contribution >= 4 is 34.0 Å². The van der Waals surface area contributed by atoms with Gasteiger partial charge in [0.15, 0.2) is 5.65 Å². The molecule has 0 spiro atoms. The predicted molar refractivity (Wildman–Crippen MR) is 96.0 cm³/mol. The molecule has 0 saturated carbocycles. The van der Waals surface area contributed by atoms with Gasteiger partial charge in [-0.2, -0.15) is 5.10 Å². The van der Waals surface area contributed by atoms with Crippen LogP contribution in [0.2, 0.25) is 5.02 Å². The number of fused-ring (bicyclic) bond motifs is 1. The first-order valence-electron chi connectivity index (χ1n) is 7.53. The lowest BCUT2D eigenvalue weighted by Crippen LogP contribution is -2.24. The lowest BCUT2D eigenvalue weighted by Gasteiger charge is -2.01. The van der Waals surface area contributed by atoms with Crippen molar-refractivity contribution in [2.24, 2.45) is 7.05 Å². The van der Waals surface area contributed by atoms with Crippen LogP contribution in [0.3, 0.4) is 0 Å². The third-order valence-electron chi connectivity index (χ3n) is 3.80. The number of aryl methyl sites for hydroxylation is 1. The molecule has 3 heterocycles. The topological polar surface area (TPSA) is 78.5 Å². The van der Waals surface area contributed by atoms with Gasteiger partial charge >= 0.3 is 0 Å². The second-order valence-electron chi connectivity index (χ2n) is 5.59. The predicted octanol–water partition coefficient (Wildman–Crippen LogP) is 2.27. The fourth-order valence-electron chi connectivity index (χ4n) is 2.51. The molecule has 25 heavy (non-hydrogen) atoms. The molecule has 0 aliphatic rings. The molecule has 0 fully saturated rings. The lowest BCUT2D eigenvalue weighted by molar-refractivity contribution is 0.588. The Morgan fingerprint density at radius 2 is 2.04 bits per heavy atom. The third kappa shape index (κ3) is 3.18. The van der Waals surface area contributed by atoms with E-state index in [1.807, 2.05) is 29.6 Å². The molecule has 7 nitrogen and oxygen atoms in total. The van der Waals surface area contributed by atoms with Crippen molar-refractivity contribution in [3.8, 4) is 0 Å². The second kappa shape index (κ2) is 6.38. The Kier molecular flexibility index (Phi) is 4.06. The molecule has 1 aromatic carbocycles. The van der Waals surface area contributed by atoms with Crippen molar-refractivity contribution < 1.29 is 0 Å². The van der Waals surface area contributed by atoms with E-state index in [1.54, 1.807) is 18.4 Å². The Morgan fingerprint density at radius 3 is 2.84 bits per heavy atom. The molecule has 3 aromatic heterocycles. The number of benzene rings is 1. The molecule has 0 saturated heterocycles. The molecule has 4 aromatic rings. The van der Waals surface area contributed by atoms with Crippen LogP contribution in [0.5, 0.6) is 0 Å². The maximum atomic E-state index is 12.4. The van der Waals surface area contributed by atoms with Gasteiger partial charge in [-0.05, 0) is 17.7 Å². The minimum Gasteiger partial charge on any atom is -0.267 e. The van der Waals surface area contributed by atoms with Gasteiger partial charge in [-0.3, -0.25) is 4.79 Å². The lowest BCUT2D eigenvalue weighted by atomic mass is 10.2. The van der Waals surface area contributed by atoms with Crippen LogP contribution in [-0.4, -0.2) is 29.8 Å². The highest BCUT2D eigenvalue weighted by molar-refractivity contribution is 7.09. The van der Waals surface area contributed by atoms with Crippen molar-refractivity contribution in [2.75, 3.05) is 0 Å². The number of halogens is 1. The van der Waals surface area contributed by atoms with E-state index in [4.69, 9.17) is 11.6 Å². The standard InChI is InChI=1S/C16H13ClN6OS/c1-22-15-13(7-18-22)16(24)23(21-20-15)8-12-9-25-14(19-12)6-10-2-4-11(17)5-3-10/h2-5,7,9H,6,8H2,1H3. The number of rotatable bonds is 4. The van der Waals surface area contributed by atoms with Crippen molar-refractivity contribution in [1.29, 1.82) is 0 Å². The largest absolute Gasteiger partial charge is 0.281 e. The van der Waals surface area contributed by atoms with Gasteiger partial charge in [0.05, 0.1) is 23.4 Å². The fraction of sp³-hybridized carbons (Fsp3) is 0.188. The van der Waals surface area contributed by atoms with E-state index < -0.39 is 0 Å². The monoisotopic (exact) mass is 372 g/mol. The molecule has 4 rings (SSSR count). The number of hydrogen-bond donors (Lipinski definition) is 0. The Morgan fingerprint density at radius 1 is 1.24 bits per heavy atom. The summed E-state index contributed by atoms with van der Waals surface area (Å²) in [6.07, 6.45) is 2.24. The van der Waals surface area contributed by atoms with Crippen LogP contribution in [0.25, 0.3) is 11.0 Å². The molecule has 0 amide bonds. The minimum absolute atomic E-state index is 0.217. The first-order valence-corrected chi connectivity index (χ1v) is 8.79. The van der Waals surface area contributed by atoms with Crippen LogP contribution < -0.4 is 5.56 Å². The van der Waals surface area contributed by atoms with Gasteiger partial charge in [0.25, 0.3) is 5.56 Å². The molecular weight excluding hydrogens is 360 g/mol. The first-order chi connectivity index (χ1) is 12.1. The Hall–Kier alpha value is -2.58. The van der Waals surface area contributed by atoms with Crippen LogP contribution in [-0.2, 0) is 20.0 Å². The Bertz CT molecular complexity index is 1100. The fourth-order valence-corrected chi connectivity index (χ4v) is 3.46. The van der Waals surface area contributed by atoms with Crippen molar-refractivity contribution in [1.82, 2.24) is 29.8 Å². The number of hydrogen-bond acceptors (Lipinski definition) is 6. The maximum Gasteiger partial charge on any atom is 0.281 e. The van der Waals surface area contributed by atoms with Crippen LogP contribution >= 0.6 is 22.9 Å². The van der Waals surface area contributed by atoms with Gasteiger partial charge in [-0.15, -0.1) is 16.4 Å². The van der Waals surface area contributed by atoms with Gasteiger partial charge in [0, 0.05) is 23.9 Å². The zero-order chi connectivity index (χ0) is 17.4. The highest BCUT2D eigenvalue weighted by Crippen LogP contribution is 2.17. The molecule has 0 aliphatic carbocycles. The Balaban J connectivity index is 1.56. The van der Waals surface area contributed by atoms with E-state index in [0.29, 0.717) is 16.1 Å². The van der Waals surface area contributed by atoms with Crippen LogP contribution in [0.4, 0.5) is 0 Å². The van der Waals surface area contributed by atoms with Crippen molar-refractivity contribution in [3.05, 3.63) is 67.5 Å². The normalized spacial score (nSPS) is 11.3. The highest BCUT2D eigenvalue weighted by Gasteiger charge is 2.11. The summed E-state index contributed by atoms with van der Waals surface area (Å²) in [5.41, 5.74) is 2.18. The summed E-state index contributed by atoms with van der Waals surface area (Å²) in [5.74, 6) is 0. The molecule has 0 N–H and O–H groups in total. The molecule has 126 valence electrons. The molecule has 0 unspecified atom stereocenters.